The zero-order valence-electron chi connectivity index (χ0n) is 14.6. The van der Waals surface area contributed by atoms with Gasteiger partial charge in [0.2, 0.25) is 0 Å². The largest absolute Gasteiger partial charge is 0.507 e. The van der Waals surface area contributed by atoms with Crippen LogP contribution in [0.15, 0.2) is 42.5 Å². The number of ether oxygens (including phenoxy) is 4. The van der Waals surface area contributed by atoms with E-state index in [0.717, 1.165) is 0 Å². The van der Waals surface area contributed by atoms with Crippen molar-refractivity contribution < 1.29 is 33.6 Å². The van der Waals surface area contributed by atoms with Crippen LogP contribution in [0.25, 0.3) is 0 Å². The SMILES string of the molecule is COc1ccc(O)c(C(=O)OCC(=O)NC[C@H]2COc3ccccc3O2)c1. The van der Waals surface area contributed by atoms with Crippen molar-refractivity contribution in [1.82, 2.24) is 5.32 Å². The fraction of sp³-hybridized carbons (Fsp3) is 0.263. The number of methoxy groups -OCH3 is 1. The van der Waals surface area contributed by atoms with Crippen molar-refractivity contribution in [2.45, 2.75) is 6.10 Å². The van der Waals surface area contributed by atoms with Gasteiger partial charge in [-0.1, -0.05) is 12.1 Å². The highest BCUT2D eigenvalue weighted by Crippen LogP contribution is 2.30. The lowest BCUT2D eigenvalue weighted by Gasteiger charge is -2.26. The number of carbonyl (C=O) groups is 2. The molecule has 0 aliphatic carbocycles. The molecule has 0 saturated heterocycles. The molecule has 1 atom stereocenters. The van der Waals surface area contributed by atoms with Gasteiger partial charge in [-0.25, -0.2) is 4.79 Å². The van der Waals surface area contributed by atoms with Crippen LogP contribution in [0.2, 0.25) is 0 Å². The van der Waals surface area contributed by atoms with E-state index in [1.807, 2.05) is 12.1 Å². The Morgan fingerprint density at radius 3 is 2.78 bits per heavy atom. The number of nitrogens with one attached hydrogen (secondary N) is 1. The Kier molecular flexibility index (Phi) is 5.65. The number of carbonyl (C=O) groups excluding carboxylic acids is 2. The number of amides is 1. The summed E-state index contributed by atoms with van der Waals surface area (Å²) in [6.45, 7) is 0.0174. The number of para-hydroxylation sites is 2. The zero-order valence-corrected chi connectivity index (χ0v) is 14.6. The van der Waals surface area contributed by atoms with Gasteiger partial charge in [-0.3, -0.25) is 4.79 Å². The van der Waals surface area contributed by atoms with Crippen molar-refractivity contribution in [2.75, 3.05) is 26.9 Å². The molecule has 0 saturated carbocycles. The van der Waals surface area contributed by atoms with E-state index in [4.69, 9.17) is 18.9 Å². The fourth-order valence-corrected chi connectivity index (χ4v) is 2.46. The van der Waals surface area contributed by atoms with Crippen LogP contribution in [0.1, 0.15) is 10.4 Å². The molecule has 1 aliphatic rings. The van der Waals surface area contributed by atoms with E-state index >= 15 is 0 Å². The van der Waals surface area contributed by atoms with Gasteiger partial charge in [-0.15, -0.1) is 0 Å². The van der Waals surface area contributed by atoms with Crippen LogP contribution in [0.3, 0.4) is 0 Å². The first-order valence-corrected chi connectivity index (χ1v) is 8.26. The number of phenolic OH excluding ortho intramolecular Hbond substituents is 1. The zero-order chi connectivity index (χ0) is 19.2. The van der Waals surface area contributed by atoms with Gasteiger partial charge in [-0.05, 0) is 30.3 Å². The summed E-state index contributed by atoms with van der Waals surface area (Å²) in [7, 11) is 1.43. The number of hydrogen-bond donors (Lipinski definition) is 2. The number of phenols is 1. The van der Waals surface area contributed by atoms with Gasteiger partial charge >= 0.3 is 5.97 Å². The average molecular weight is 373 g/mol. The molecule has 142 valence electrons. The summed E-state index contributed by atoms with van der Waals surface area (Å²) in [5.41, 5.74) is -0.0808. The highest BCUT2D eigenvalue weighted by atomic mass is 16.6. The summed E-state index contributed by atoms with van der Waals surface area (Å²) in [4.78, 5) is 23.9. The summed E-state index contributed by atoms with van der Waals surface area (Å²) < 4.78 is 21.2. The summed E-state index contributed by atoms with van der Waals surface area (Å²) in [6, 6.07) is 11.4. The Morgan fingerprint density at radius 1 is 1.22 bits per heavy atom. The van der Waals surface area contributed by atoms with Gasteiger partial charge < -0.3 is 29.4 Å². The molecule has 2 N–H and O–H groups in total. The highest BCUT2D eigenvalue weighted by molar-refractivity contribution is 5.94. The summed E-state index contributed by atoms with van der Waals surface area (Å²) in [5, 5.41) is 12.4. The molecule has 1 aliphatic heterocycles. The maximum Gasteiger partial charge on any atom is 0.342 e. The van der Waals surface area contributed by atoms with Gasteiger partial charge in [0, 0.05) is 0 Å². The monoisotopic (exact) mass is 373 g/mol. The molecule has 8 heteroatoms. The first-order chi connectivity index (χ1) is 13.1. The minimum Gasteiger partial charge on any atom is -0.507 e. The summed E-state index contributed by atoms with van der Waals surface area (Å²) >= 11 is 0. The Hall–Kier alpha value is -3.42. The number of esters is 1. The molecule has 3 rings (SSSR count). The third-order valence-corrected chi connectivity index (χ3v) is 3.85. The third-order valence-electron chi connectivity index (χ3n) is 3.85. The van der Waals surface area contributed by atoms with E-state index < -0.39 is 18.5 Å². The molecule has 0 bridgehead atoms. The van der Waals surface area contributed by atoms with Gasteiger partial charge in [0.05, 0.1) is 13.7 Å². The Labute approximate surface area is 155 Å². The molecule has 0 fully saturated rings. The van der Waals surface area contributed by atoms with Crippen LogP contribution in [-0.4, -0.2) is 50.0 Å². The molecule has 27 heavy (non-hydrogen) atoms. The molecular formula is C19H19NO7. The fourth-order valence-electron chi connectivity index (χ4n) is 2.46. The van der Waals surface area contributed by atoms with Gasteiger partial charge in [-0.2, -0.15) is 0 Å². The second-order valence-corrected chi connectivity index (χ2v) is 5.76. The molecule has 2 aromatic carbocycles. The lowest BCUT2D eigenvalue weighted by molar-refractivity contribution is -0.124. The first-order valence-electron chi connectivity index (χ1n) is 8.26. The number of fused-ring (bicyclic) bond motifs is 1. The lowest BCUT2D eigenvalue weighted by atomic mass is 10.2. The van der Waals surface area contributed by atoms with Crippen LogP contribution >= 0.6 is 0 Å². The molecule has 0 radical (unpaired) electrons. The van der Waals surface area contributed by atoms with Crippen molar-refractivity contribution >= 4 is 11.9 Å². The van der Waals surface area contributed by atoms with Crippen molar-refractivity contribution in [3.8, 4) is 23.0 Å². The number of benzene rings is 2. The predicted octanol–water partition coefficient (Wildman–Crippen LogP) is 1.51. The van der Waals surface area contributed by atoms with Crippen molar-refractivity contribution in [3.05, 3.63) is 48.0 Å². The van der Waals surface area contributed by atoms with E-state index in [1.54, 1.807) is 12.1 Å². The molecule has 2 aromatic rings. The average Bonchev–Trinajstić information content (AvgIpc) is 2.70. The van der Waals surface area contributed by atoms with Gasteiger partial charge in [0.1, 0.15) is 29.8 Å². The molecule has 0 spiro atoms. The van der Waals surface area contributed by atoms with Crippen molar-refractivity contribution in [3.63, 3.8) is 0 Å². The smallest absolute Gasteiger partial charge is 0.342 e. The maximum absolute atomic E-state index is 12.0. The number of aromatic hydroxyl groups is 1. The van der Waals surface area contributed by atoms with E-state index in [1.165, 1.54) is 25.3 Å². The summed E-state index contributed by atoms with van der Waals surface area (Å²) in [5.74, 6) is 0.0857. The Balaban J connectivity index is 1.46. The van der Waals surface area contributed by atoms with Crippen LogP contribution in [0.5, 0.6) is 23.0 Å². The van der Waals surface area contributed by atoms with Gasteiger partial charge in [0.15, 0.2) is 18.1 Å². The minimum absolute atomic E-state index is 0.0808. The molecule has 1 heterocycles. The summed E-state index contributed by atoms with van der Waals surface area (Å²) in [6.07, 6.45) is -0.345. The minimum atomic E-state index is -0.826. The number of rotatable bonds is 6. The molecule has 0 unspecified atom stereocenters. The normalized spacial score (nSPS) is 14.9. The quantitative estimate of drug-likeness (QED) is 0.740. The van der Waals surface area contributed by atoms with Crippen molar-refractivity contribution in [2.24, 2.45) is 0 Å². The van der Waals surface area contributed by atoms with E-state index in [-0.39, 0.29) is 24.0 Å². The van der Waals surface area contributed by atoms with Crippen LogP contribution in [0.4, 0.5) is 0 Å². The topological polar surface area (TPSA) is 103 Å². The predicted molar refractivity (Wildman–Crippen MR) is 94.3 cm³/mol. The van der Waals surface area contributed by atoms with Crippen LogP contribution < -0.4 is 19.5 Å². The van der Waals surface area contributed by atoms with E-state index in [2.05, 4.69) is 5.32 Å². The van der Waals surface area contributed by atoms with Gasteiger partial charge in [0.25, 0.3) is 5.91 Å². The third kappa shape index (κ3) is 4.60. The Bertz CT molecular complexity index is 837. The van der Waals surface area contributed by atoms with E-state index in [0.29, 0.717) is 23.9 Å². The number of hydrogen-bond acceptors (Lipinski definition) is 7. The van der Waals surface area contributed by atoms with Crippen molar-refractivity contribution in [1.29, 1.82) is 0 Å². The molecule has 0 aromatic heterocycles. The second kappa shape index (κ2) is 8.31. The van der Waals surface area contributed by atoms with E-state index in [9.17, 15) is 14.7 Å². The standard InChI is InChI=1S/C19H19NO7/c1-24-12-6-7-15(21)14(8-12)19(23)26-11-18(22)20-9-13-10-25-16-4-2-3-5-17(16)27-13/h2-8,13,21H,9-11H2,1H3,(H,20,22)/t13-/m0/s1. The Morgan fingerprint density at radius 2 is 2.00 bits per heavy atom. The second-order valence-electron chi connectivity index (χ2n) is 5.76. The molecule has 8 nitrogen and oxygen atoms in total. The van der Waals surface area contributed by atoms with Crippen LogP contribution in [0, 0.1) is 0 Å². The van der Waals surface area contributed by atoms with Crippen LogP contribution in [-0.2, 0) is 9.53 Å². The molecule has 1 amide bonds. The highest BCUT2D eigenvalue weighted by Gasteiger charge is 2.21. The molecular weight excluding hydrogens is 354 g/mol. The first kappa shape index (κ1) is 18.4. The lowest BCUT2D eigenvalue weighted by Crippen LogP contribution is -2.42. The maximum atomic E-state index is 12.0.